The SMILES string of the molecule is CCc1cccc(NC(N)=NCc2cc(Br)c(OC)c(OC)c2)c1. The molecule has 0 unspecified atom stereocenters. The van der Waals surface area contributed by atoms with Gasteiger partial charge >= 0.3 is 0 Å². The smallest absolute Gasteiger partial charge is 0.193 e. The van der Waals surface area contributed by atoms with E-state index in [2.05, 4.69) is 45.3 Å². The number of halogens is 1. The molecule has 24 heavy (non-hydrogen) atoms. The van der Waals surface area contributed by atoms with E-state index in [-0.39, 0.29) is 0 Å². The van der Waals surface area contributed by atoms with Crippen LogP contribution in [0.2, 0.25) is 0 Å². The molecule has 6 heteroatoms. The number of hydrogen-bond donors (Lipinski definition) is 2. The maximum Gasteiger partial charge on any atom is 0.193 e. The van der Waals surface area contributed by atoms with Gasteiger partial charge in [-0.1, -0.05) is 19.1 Å². The first-order chi connectivity index (χ1) is 11.6. The van der Waals surface area contributed by atoms with Crippen molar-refractivity contribution in [2.45, 2.75) is 19.9 Å². The third kappa shape index (κ3) is 4.64. The molecule has 0 spiro atoms. The Kier molecular flexibility index (Phi) is 6.49. The molecule has 0 radical (unpaired) electrons. The fourth-order valence-corrected chi connectivity index (χ4v) is 2.95. The van der Waals surface area contributed by atoms with Crippen LogP contribution >= 0.6 is 15.9 Å². The molecule has 0 saturated carbocycles. The van der Waals surface area contributed by atoms with Crippen molar-refractivity contribution in [1.82, 2.24) is 0 Å². The van der Waals surface area contributed by atoms with Gasteiger partial charge in [-0.25, -0.2) is 4.99 Å². The van der Waals surface area contributed by atoms with E-state index in [0.29, 0.717) is 24.0 Å². The first kappa shape index (κ1) is 18.1. The van der Waals surface area contributed by atoms with Crippen LogP contribution in [0.15, 0.2) is 45.9 Å². The Morgan fingerprint density at radius 1 is 1.17 bits per heavy atom. The molecule has 0 heterocycles. The molecule has 2 aromatic carbocycles. The van der Waals surface area contributed by atoms with Gasteiger partial charge in [0.2, 0.25) is 0 Å². The molecule has 0 bridgehead atoms. The van der Waals surface area contributed by atoms with E-state index < -0.39 is 0 Å². The zero-order valence-electron chi connectivity index (χ0n) is 14.1. The molecule has 2 rings (SSSR count). The molecular weight excluding hydrogens is 370 g/mol. The van der Waals surface area contributed by atoms with Gasteiger partial charge in [0.1, 0.15) is 0 Å². The van der Waals surface area contributed by atoms with E-state index in [1.165, 1.54) is 5.56 Å². The van der Waals surface area contributed by atoms with Crippen LogP contribution in [0.25, 0.3) is 0 Å². The Labute approximate surface area is 151 Å². The van der Waals surface area contributed by atoms with Crippen molar-refractivity contribution in [2.24, 2.45) is 10.7 Å². The summed E-state index contributed by atoms with van der Waals surface area (Å²) in [5, 5.41) is 3.11. The summed E-state index contributed by atoms with van der Waals surface area (Å²) in [5.74, 6) is 1.68. The summed E-state index contributed by atoms with van der Waals surface area (Å²) in [7, 11) is 3.21. The third-order valence-electron chi connectivity index (χ3n) is 3.53. The molecule has 128 valence electrons. The van der Waals surface area contributed by atoms with Crippen LogP contribution < -0.4 is 20.5 Å². The largest absolute Gasteiger partial charge is 0.493 e. The van der Waals surface area contributed by atoms with E-state index in [1.807, 2.05) is 24.3 Å². The summed E-state index contributed by atoms with van der Waals surface area (Å²) in [6.07, 6.45) is 0.978. The second kappa shape index (κ2) is 8.59. The van der Waals surface area contributed by atoms with E-state index in [1.54, 1.807) is 14.2 Å². The van der Waals surface area contributed by atoms with Crippen LogP contribution in [0.3, 0.4) is 0 Å². The molecular formula is C18H22BrN3O2. The highest BCUT2D eigenvalue weighted by Gasteiger charge is 2.10. The Balaban J connectivity index is 2.10. The van der Waals surface area contributed by atoms with Crippen LogP contribution in [-0.4, -0.2) is 20.2 Å². The number of nitrogens with zero attached hydrogens (tertiary/aromatic N) is 1. The van der Waals surface area contributed by atoms with Gasteiger partial charge in [0, 0.05) is 5.69 Å². The molecule has 0 aromatic heterocycles. The van der Waals surface area contributed by atoms with Crippen molar-refractivity contribution < 1.29 is 9.47 Å². The molecule has 0 fully saturated rings. The van der Waals surface area contributed by atoms with Gasteiger partial charge in [-0.15, -0.1) is 0 Å². The van der Waals surface area contributed by atoms with Gasteiger partial charge in [0.15, 0.2) is 17.5 Å². The lowest BCUT2D eigenvalue weighted by atomic mass is 10.1. The zero-order valence-corrected chi connectivity index (χ0v) is 15.7. The zero-order chi connectivity index (χ0) is 17.5. The molecule has 0 atom stereocenters. The Morgan fingerprint density at radius 3 is 2.62 bits per heavy atom. The lowest BCUT2D eigenvalue weighted by Crippen LogP contribution is -2.22. The normalized spacial score (nSPS) is 11.2. The maximum atomic E-state index is 5.98. The second-order valence-electron chi connectivity index (χ2n) is 5.19. The number of aryl methyl sites for hydroxylation is 1. The Hall–Kier alpha value is -2.21. The van der Waals surface area contributed by atoms with Crippen LogP contribution in [0, 0.1) is 0 Å². The van der Waals surface area contributed by atoms with Crippen molar-refractivity contribution >= 4 is 27.6 Å². The molecule has 0 aliphatic heterocycles. The molecule has 2 aromatic rings. The first-order valence-electron chi connectivity index (χ1n) is 7.63. The molecule has 0 amide bonds. The number of nitrogens with two attached hydrogens (primary N) is 1. The van der Waals surface area contributed by atoms with Gasteiger partial charge in [-0.2, -0.15) is 0 Å². The number of methoxy groups -OCH3 is 2. The lowest BCUT2D eigenvalue weighted by molar-refractivity contribution is 0.352. The van der Waals surface area contributed by atoms with E-state index in [4.69, 9.17) is 15.2 Å². The highest BCUT2D eigenvalue weighted by atomic mass is 79.9. The number of hydrogen-bond acceptors (Lipinski definition) is 3. The van der Waals surface area contributed by atoms with E-state index in [0.717, 1.165) is 22.1 Å². The summed E-state index contributed by atoms with van der Waals surface area (Å²) < 4.78 is 11.5. The van der Waals surface area contributed by atoms with Crippen molar-refractivity contribution in [3.8, 4) is 11.5 Å². The number of aliphatic imine (C=N–C) groups is 1. The fourth-order valence-electron chi connectivity index (χ4n) is 2.30. The number of benzene rings is 2. The van der Waals surface area contributed by atoms with Crippen molar-refractivity contribution in [3.63, 3.8) is 0 Å². The lowest BCUT2D eigenvalue weighted by Gasteiger charge is -2.11. The summed E-state index contributed by atoms with van der Waals surface area (Å²) in [6, 6.07) is 11.9. The summed E-state index contributed by atoms with van der Waals surface area (Å²) in [5.41, 5.74) is 9.13. The minimum Gasteiger partial charge on any atom is -0.493 e. The maximum absolute atomic E-state index is 5.98. The predicted octanol–water partition coefficient (Wildman–Crippen LogP) is 3.96. The summed E-state index contributed by atoms with van der Waals surface area (Å²) >= 11 is 3.48. The van der Waals surface area contributed by atoms with Crippen molar-refractivity contribution in [2.75, 3.05) is 19.5 Å². The monoisotopic (exact) mass is 391 g/mol. The molecule has 0 aliphatic carbocycles. The Bertz CT molecular complexity index is 732. The average Bonchev–Trinajstić information content (AvgIpc) is 2.59. The quantitative estimate of drug-likeness (QED) is 0.577. The topological polar surface area (TPSA) is 68.9 Å². The highest BCUT2D eigenvalue weighted by molar-refractivity contribution is 9.10. The molecule has 3 N–H and O–H groups in total. The van der Waals surface area contributed by atoms with E-state index >= 15 is 0 Å². The van der Waals surface area contributed by atoms with E-state index in [9.17, 15) is 0 Å². The van der Waals surface area contributed by atoms with Crippen LogP contribution in [-0.2, 0) is 13.0 Å². The number of ether oxygens (including phenoxy) is 2. The average molecular weight is 392 g/mol. The fraction of sp³-hybridized carbons (Fsp3) is 0.278. The molecule has 0 saturated heterocycles. The summed E-state index contributed by atoms with van der Waals surface area (Å²) in [6.45, 7) is 2.55. The van der Waals surface area contributed by atoms with Crippen molar-refractivity contribution in [1.29, 1.82) is 0 Å². The van der Waals surface area contributed by atoms with Gasteiger partial charge in [0.25, 0.3) is 0 Å². The van der Waals surface area contributed by atoms with Crippen molar-refractivity contribution in [3.05, 3.63) is 52.0 Å². The standard InChI is InChI=1S/C18H22BrN3O2/c1-4-12-6-5-7-14(8-12)22-18(20)21-11-13-9-15(19)17(24-3)16(10-13)23-2/h5-10H,4,11H2,1-3H3,(H3,20,21,22). The minimum absolute atomic E-state index is 0.370. The van der Waals surface area contributed by atoms with Gasteiger partial charge in [-0.3, -0.25) is 0 Å². The molecule has 5 nitrogen and oxygen atoms in total. The minimum atomic E-state index is 0.370. The first-order valence-corrected chi connectivity index (χ1v) is 8.43. The van der Waals surface area contributed by atoms with Gasteiger partial charge in [0.05, 0.1) is 25.2 Å². The summed E-state index contributed by atoms with van der Waals surface area (Å²) in [4.78, 5) is 4.38. The van der Waals surface area contributed by atoms with Crippen LogP contribution in [0.4, 0.5) is 5.69 Å². The predicted molar refractivity (Wildman–Crippen MR) is 102 cm³/mol. The van der Waals surface area contributed by atoms with Gasteiger partial charge in [-0.05, 0) is 57.7 Å². The number of rotatable bonds is 6. The Morgan fingerprint density at radius 2 is 1.96 bits per heavy atom. The van der Waals surface area contributed by atoms with Gasteiger partial charge < -0.3 is 20.5 Å². The van der Waals surface area contributed by atoms with Crippen LogP contribution in [0.5, 0.6) is 11.5 Å². The number of nitrogens with one attached hydrogen (secondary N) is 1. The highest BCUT2D eigenvalue weighted by Crippen LogP contribution is 2.36. The van der Waals surface area contributed by atoms with Crippen LogP contribution in [0.1, 0.15) is 18.1 Å². The number of anilines is 1. The third-order valence-corrected chi connectivity index (χ3v) is 4.12. The second-order valence-corrected chi connectivity index (χ2v) is 6.05. The number of guanidine groups is 1. The molecule has 0 aliphatic rings.